The second-order valence-corrected chi connectivity index (χ2v) is 7.39. The van der Waals surface area contributed by atoms with E-state index in [0.717, 1.165) is 28.6 Å². The summed E-state index contributed by atoms with van der Waals surface area (Å²) in [4.78, 5) is 12.5. The van der Waals surface area contributed by atoms with E-state index in [0.29, 0.717) is 11.5 Å². The molecule has 1 aromatic heterocycles. The smallest absolute Gasteiger partial charge is 0.178 e. The second kappa shape index (κ2) is 9.84. The van der Waals surface area contributed by atoms with Gasteiger partial charge in [0, 0.05) is 34.8 Å². The molecule has 4 heteroatoms. The molecule has 0 bridgehead atoms. The zero-order valence-electron chi connectivity index (χ0n) is 18.2. The number of ketones is 1. The molecule has 0 aliphatic carbocycles. The van der Waals surface area contributed by atoms with E-state index < -0.39 is 0 Å². The van der Waals surface area contributed by atoms with Crippen LogP contribution >= 0.6 is 0 Å². The molecule has 0 amide bonds. The SMILES string of the molecule is COc1ccc(OC)c(/C=C/C(=O)/C=C/c2cn(Cc3ccccc3)c3ccccc23)c1. The van der Waals surface area contributed by atoms with E-state index in [1.54, 1.807) is 26.4 Å². The van der Waals surface area contributed by atoms with Gasteiger partial charge in [-0.3, -0.25) is 4.79 Å². The Kier molecular flexibility index (Phi) is 6.52. The summed E-state index contributed by atoms with van der Waals surface area (Å²) in [7, 11) is 3.21. The molecule has 0 unspecified atom stereocenters. The van der Waals surface area contributed by atoms with E-state index in [9.17, 15) is 4.79 Å². The van der Waals surface area contributed by atoms with Crippen molar-refractivity contribution in [3.63, 3.8) is 0 Å². The number of carbonyl (C=O) groups is 1. The molecule has 4 rings (SSSR count). The third kappa shape index (κ3) is 4.81. The molecule has 4 nitrogen and oxygen atoms in total. The van der Waals surface area contributed by atoms with E-state index in [2.05, 4.69) is 35.0 Å². The number of hydrogen-bond donors (Lipinski definition) is 0. The first-order valence-electron chi connectivity index (χ1n) is 10.4. The number of benzene rings is 3. The highest BCUT2D eigenvalue weighted by molar-refractivity contribution is 6.05. The predicted molar refractivity (Wildman–Crippen MR) is 130 cm³/mol. The minimum atomic E-state index is -0.102. The number of nitrogens with zero attached hydrogens (tertiary/aromatic N) is 1. The van der Waals surface area contributed by atoms with Crippen molar-refractivity contribution in [2.45, 2.75) is 6.54 Å². The number of fused-ring (bicyclic) bond motifs is 1. The Hall–Kier alpha value is -4.05. The summed E-state index contributed by atoms with van der Waals surface area (Å²) >= 11 is 0. The Bertz CT molecular complexity index is 1280. The number of methoxy groups -OCH3 is 2. The second-order valence-electron chi connectivity index (χ2n) is 7.39. The van der Waals surface area contributed by atoms with Crippen LogP contribution in [0.15, 0.2) is 91.1 Å². The van der Waals surface area contributed by atoms with Gasteiger partial charge in [-0.2, -0.15) is 0 Å². The van der Waals surface area contributed by atoms with Gasteiger partial charge in [-0.05, 0) is 54.1 Å². The molecule has 160 valence electrons. The lowest BCUT2D eigenvalue weighted by Crippen LogP contribution is -1.97. The molecule has 0 fully saturated rings. The Balaban J connectivity index is 1.56. The minimum absolute atomic E-state index is 0.102. The lowest BCUT2D eigenvalue weighted by Gasteiger charge is -2.06. The summed E-state index contributed by atoms with van der Waals surface area (Å²) in [6.07, 6.45) is 8.84. The van der Waals surface area contributed by atoms with Crippen molar-refractivity contribution in [2.24, 2.45) is 0 Å². The topological polar surface area (TPSA) is 40.5 Å². The van der Waals surface area contributed by atoms with Crippen LogP contribution in [0, 0.1) is 0 Å². The number of ether oxygens (including phenoxy) is 2. The van der Waals surface area contributed by atoms with Crippen LogP contribution in [0.25, 0.3) is 23.1 Å². The summed E-state index contributed by atoms with van der Waals surface area (Å²) in [5.74, 6) is 1.29. The number of aromatic nitrogens is 1. The Morgan fingerprint density at radius 2 is 1.56 bits per heavy atom. The third-order valence-corrected chi connectivity index (χ3v) is 5.31. The van der Waals surface area contributed by atoms with Gasteiger partial charge in [0.15, 0.2) is 5.78 Å². The molecule has 0 atom stereocenters. The Morgan fingerprint density at radius 1 is 0.844 bits per heavy atom. The van der Waals surface area contributed by atoms with Crippen LogP contribution in [0.2, 0.25) is 0 Å². The molecule has 3 aromatic carbocycles. The molecule has 32 heavy (non-hydrogen) atoms. The average Bonchev–Trinajstić information content (AvgIpc) is 3.19. The van der Waals surface area contributed by atoms with Crippen LogP contribution in [-0.2, 0) is 11.3 Å². The molecule has 0 radical (unpaired) electrons. The molecular formula is C28H25NO3. The van der Waals surface area contributed by atoms with Gasteiger partial charge < -0.3 is 14.0 Å². The number of hydrogen-bond acceptors (Lipinski definition) is 3. The van der Waals surface area contributed by atoms with E-state index in [-0.39, 0.29) is 5.78 Å². The minimum Gasteiger partial charge on any atom is -0.497 e. The maximum absolute atomic E-state index is 12.5. The predicted octanol–water partition coefficient (Wildman–Crippen LogP) is 6.00. The van der Waals surface area contributed by atoms with Gasteiger partial charge in [0.05, 0.1) is 14.2 Å². The Labute approximate surface area is 188 Å². The van der Waals surface area contributed by atoms with Crippen LogP contribution in [-0.4, -0.2) is 24.6 Å². The van der Waals surface area contributed by atoms with Crippen molar-refractivity contribution in [2.75, 3.05) is 14.2 Å². The Morgan fingerprint density at radius 3 is 2.31 bits per heavy atom. The fraction of sp³-hybridized carbons (Fsp3) is 0.107. The average molecular weight is 424 g/mol. The van der Waals surface area contributed by atoms with Crippen LogP contribution in [0.3, 0.4) is 0 Å². The fourth-order valence-electron chi connectivity index (χ4n) is 3.69. The summed E-state index contributed by atoms with van der Waals surface area (Å²) in [5.41, 5.74) is 4.17. The van der Waals surface area contributed by atoms with E-state index >= 15 is 0 Å². The van der Waals surface area contributed by atoms with Crippen molar-refractivity contribution in [3.05, 3.63) is 108 Å². The normalized spacial score (nSPS) is 11.4. The monoisotopic (exact) mass is 423 g/mol. The highest BCUT2D eigenvalue weighted by atomic mass is 16.5. The highest BCUT2D eigenvalue weighted by Crippen LogP contribution is 2.26. The van der Waals surface area contributed by atoms with Gasteiger partial charge in [-0.15, -0.1) is 0 Å². The van der Waals surface area contributed by atoms with Gasteiger partial charge in [-0.25, -0.2) is 0 Å². The van der Waals surface area contributed by atoms with Gasteiger partial charge in [0.25, 0.3) is 0 Å². The highest BCUT2D eigenvalue weighted by Gasteiger charge is 2.07. The van der Waals surface area contributed by atoms with Gasteiger partial charge in [0.2, 0.25) is 0 Å². The largest absolute Gasteiger partial charge is 0.497 e. The van der Waals surface area contributed by atoms with Crippen molar-refractivity contribution < 1.29 is 14.3 Å². The zero-order valence-corrected chi connectivity index (χ0v) is 18.2. The molecule has 4 aromatic rings. The summed E-state index contributed by atoms with van der Waals surface area (Å²) in [6.45, 7) is 0.776. The van der Waals surface area contributed by atoms with Gasteiger partial charge in [-0.1, -0.05) is 48.5 Å². The molecule has 0 spiro atoms. The van der Waals surface area contributed by atoms with Crippen molar-refractivity contribution in [1.29, 1.82) is 0 Å². The zero-order chi connectivity index (χ0) is 22.3. The van der Waals surface area contributed by atoms with Crippen molar-refractivity contribution in [3.8, 4) is 11.5 Å². The first kappa shape index (κ1) is 21.2. The summed E-state index contributed by atoms with van der Waals surface area (Å²) in [5, 5.41) is 1.12. The molecule has 1 heterocycles. The van der Waals surface area contributed by atoms with Crippen molar-refractivity contribution >= 4 is 28.8 Å². The molecule has 0 aliphatic rings. The molecule has 0 aliphatic heterocycles. The number of rotatable bonds is 8. The van der Waals surface area contributed by atoms with Crippen LogP contribution in [0.1, 0.15) is 16.7 Å². The van der Waals surface area contributed by atoms with E-state index in [4.69, 9.17) is 9.47 Å². The third-order valence-electron chi connectivity index (χ3n) is 5.31. The van der Waals surface area contributed by atoms with Gasteiger partial charge in [0.1, 0.15) is 11.5 Å². The lowest BCUT2D eigenvalue weighted by atomic mass is 10.1. The van der Waals surface area contributed by atoms with Crippen molar-refractivity contribution in [1.82, 2.24) is 4.57 Å². The number of allylic oxidation sites excluding steroid dienone is 2. The van der Waals surface area contributed by atoms with E-state index in [1.807, 2.05) is 54.6 Å². The number of carbonyl (C=O) groups excluding carboxylic acids is 1. The molecular weight excluding hydrogens is 398 g/mol. The summed E-state index contributed by atoms with van der Waals surface area (Å²) in [6, 6.07) is 24.1. The first-order valence-corrected chi connectivity index (χ1v) is 10.4. The molecule has 0 saturated carbocycles. The summed E-state index contributed by atoms with van der Waals surface area (Å²) < 4.78 is 12.8. The lowest BCUT2D eigenvalue weighted by molar-refractivity contribution is -0.110. The van der Waals surface area contributed by atoms with Crippen LogP contribution in [0.5, 0.6) is 11.5 Å². The van der Waals surface area contributed by atoms with Crippen LogP contribution < -0.4 is 9.47 Å². The van der Waals surface area contributed by atoms with E-state index in [1.165, 1.54) is 11.6 Å². The number of para-hydroxylation sites is 1. The maximum atomic E-state index is 12.5. The van der Waals surface area contributed by atoms with Gasteiger partial charge >= 0.3 is 0 Å². The maximum Gasteiger partial charge on any atom is 0.178 e. The van der Waals surface area contributed by atoms with Crippen LogP contribution in [0.4, 0.5) is 0 Å². The molecule has 0 N–H and O–H groups in total. The molecule has 0 saturated heterocycles. The fourth-order valence-corrected chi connectivity index (χ4v) is 3.69. The first-order chi connectivity index (χ1) is 15.7. The standard InChI is InChI=1S/C28H25NO3/c1-31-25-16-17-28(32-2)22(18-25)12-14-24(30)15-13-23-20-29(19-21-8-4-3-5-9-21)27-11-7-6-10-26(23)27/h3-18,20H,19H2,1-2H3/b14-12+,15-13+. The quantitative estimate of drug-likeness (QED) is 0.326.